The zero-order chi connectivity index (χ0) is 14.6. The van der Waals surface area contributed by atoms with Gasteiger partial charge in [0.2, 0.25) is 10.0 Å². The Hall–Kier alpha value is -0.910. The van der Waals surface area contributed by atoms with E-state index in [4.69, 9.17) is 0 Å². The van der Waals surface area contributed by atoms with Crippen molar-refractivity contribution < 1.29 is 8.42 Å². The van der Waals surface area contributed by atoms with Crippen molar-refractivity contribution in [3.8, 4) is 0 Å². The number of sulfonamides is 1. The third kappa shape index (κ3) is 4.30. The van der Waals surface area contributed by atoms with E-state index in [-0.39, 0.29) is 6.04 Å². The Kier molecular flexibility index (Phi) is 5.18. The molecule has 112 valence electrons. The Morgan fingerprint density at radius 1 is 1.30 bits per heavy atom. The third-order valence-corrected chi connectivity index (χ3v) is 5.03. The Balaban J connectivity index is 2.04. The van der Waals surface area contributed by atoms with Crippen LogP contribution in [0.5, 0.6) is 0 Å². The van der Waals surface area contributed by atoms with Crippen molar-refractivity contribution in [2.75, 3.05) is 13.1 Å². The van der Waals surface area contributed by atoms with Crippen LogP contribution in [0, 0.1) is 5.92 Å². The number of hydrogen-bond donors (Lipinski definition) is 2. The zero-order valence-electron chi connectivity index (χ0n) is 12.2. The first-order valence-electron chi connectivity index (χ1n) is 7.29. The summed E-state index contributed by atoms with van der Waals surface area (Å²) in [6, 6.07) is 7.23. The highest BCUT2D eigenvalue weighted by molar-refractivity contribution is 7.89. The average Bonchev–Trinajstić information content (AvgIpc) is 2.39. The van der Waals surface area contributed by atoms with E-state index < -0.39 is 10.0 Å². The number of benzene rings is 1. The van der Waals surface area contributed by atoms with Crippen LogP contribution in [0.1, 0.15) is 32.3 Å². The van der Waals surface area contributed by atoms with Crippen molar-refractivity contribution in [2.45, 2.75) is 44.0 Å². The number of piperidine rings is 1. The molecule has 20 heavy (non-hydrogen) atoms. The molecule has 0 radical (unpaired) electrons. The molecule has 1 aromatic carbocycles. The van der Waals surface area contributed by atoms with Crippen LogP contribution in [0.4, 0.5) is 0 Å². The summed E-state index contributed by atoms with van der Waals surface area (Å²) in [4.78, 5) is 0.357. The molecule has 2 rings (SSSR count). The lowest BCUT2D eigenvalue weighted by Gasteiger charge is -2.23. The minimum Gasteiger partial charge on any atom is -0.315 e. The van der Waals surface area contributed by atoms with Crippen LogP contribution in [0.3, 0.4) is 0 Å². The first-order chi connectivity index (χ1) is 9.47. The van der Waals surface area contributed by atoms with Gasteiger partial charge in [-0.1, -0.05) is 26.0 Å². The summed E-state index contributed by atoms with van der Waals surface area (Å²) in [5.74, 6) is 0.573. The van der Waals surface area contributed by atoms with Gasteiger partial charge in [0.1, 0.15) is 0 Å². The summed E-state index contributed by atoms with van der Waals surface area (Å²) in [5.41, 5.74) is 1.18. The van der Waals surface area contributed by atoms with Gasteiger partial charge in [-0.15, -0.1) is 0 Å². The van der Waals surface area contributed by atoms with Gasteiger partial charge in [-0.05, 0) is 49.4 Å². The van der Waals surface area contributed by atoms with Gasteiger partial charge in [-0.3, -0.25) is 0 Å². The Labute approximate surface area is 122 Å². The maximum Gasteiger partial charge on any atom is 0.240 e. The summed E-state index contributed by atoms with van der Waals surface area (Å²) in [7, 11) is -3.40. The molecule has 2 N–H and O–H groups in total. The summed E-state index contributed by atoms with van der Waals surface area (Å²) in [6.07, 6.45) is 2.89. The van der Waals surface area contributed by atoms with Crippen LogP contribution < -0.4 is 10.0 Å². The van der Waals surface area contributed by atoms with Gasteiger partial charge in [-0.2, -0.15) is 0 Å². The molecule has 1 aliphatic rings. The van der Waals surface area contributed by atoms with Gasteiger partial charge in [0.15, 0.2) is 0 Å². The Morgan fingerprint density at radius 3 is 2.55 bits per heavy atom. The minimum absolute atomic E-state index is 0.00379. The average molecular weight is 296 g/mol. The second-order valence-electron chi connectivity index (χ2n) is 5.91. The van der Waals surface area contributed by atoms with E-state index in [0.717, 1.165) is 25.8 Å². The topological polar surface area (TPSA) is 58.2 Å². The number of rotatable bonds is 5. The summed E-state index contributed by atoms with van der Waals surface area (Å²) >= 11 is 0. The van der Waals surface area contributed by atoms with Gasteiger partial charge >= 0.3 is 0 Å². The predicted octanol–water partition coefficient (Wildman–Crippen LogP) is 1.92. The minimum atomic E-state index is -3.40. The van der Waals surface area contributed by atoms with Gasteiger partial charge in [0.05, 0.1) is 4.90 Å². The molecule has 0 saturated carbocycles. The number of nitrogens with one attached hydrogen (secondary N) is 2. The van der Waals surface area contributed by atoms with Crippen LogP contribution in [0.25, 0.3) is 0 Å². The van der Waals surface area contributed by atoms with Crippen molar-refractivity contribution in [1.29, 1.82) is 0 Å². The normalized spacial score (nSPS) is 20.2. The van der Waals surface area contributed by atoms with E-state index in [1.54, 1.807) is 12.1 Å². The van der Waals surface area contributed by atoms with E-state index in [0.29, 0.717) is 17.4 Å². The van der Waals surface area contributed by atoms with Gasteiger partial charge in [-0.25, -0.2) is 13.1 Å². The maximum absolute atomic E-state index is 12.3. The standard InChI is InChI=1S/C15H24N2O2S/c1-12(2)10-13-5-7-15(8-6-13)20(18,19)17-14-4-3-9-16-11-14/h5-8,12,14,16-17H,3-4,9-11H2,1-2H3/t14-/m0/s1. The summed E-state index contributed by atoms with van der Waals surface area (Å²) in [5, 5.41) is 3.21. The van der Waals surface area contributed by atoms with Crippen LogP contribution in [-0.4, -0.2) is 27.5 Å². The van der Waals surface area contributed by atoms with Gasteiger partial charge in [0.25, 0.3) is 0 Å². The highest BCUT2D eigenvalue weighted by Gasteiger charge is 2.21. The molecule has 4 nitrogen and oxygen atoms in total. The van der Waals surface area contributed by atoms with Crippen LogP contribution in [0.2, 0.25) is 0 Å². The predicted molar refractivity (Wildman–Crippen MR) is 81.2 cm³/mol. The fourth-order valence-electron chi connectivity index (χ4n) is 2.52. The zero-order valence-corrected chi connectivity index (χ0v) is 13.0. The molecule has 1 aromatic rings. The molecule has 5 heteroatoms. The highest BCUT2D eigenvalue weighted by atomic mass is 32.2. The SMILES string of the molecule is CC(C)Cc1ccc(S(=O)(=O)N[C@H]2CCCNC2)cc1. The number of hydrogen-bond acceptors (Lipinski definition) is 3. The van der Waals surface area contributed by atoms with Gasteiger partial charge < -0.3 is 5.32 Å². The molecule has 0 aromatic heterocycles. The van der Waals surface area contributed by atoms with Crippen molar-refractivity contribution in [3.05, 3.63) is 29.8 Å². The summed E-state index contributed by atoms with van der Waals surface area (Å²) in [6.45, 7) is 6.00. The molecule has 0 bridgehead atoms. The molecule has 1 aliphatic heterocycles. The maximum atomic E-state index is 12.3. The fraction of sp³-hybridized carbons (Fsp3) is 0.600. The molecule has 0 amide bonds. The van der Waals surface area contributed by atoms with E-state index in [9.17, 15) is 8.42 Å². The van der Waals surface area contributed by atoms with E-state index in [1.807, 2.05) is 12.1 Å². The molecule has 1 atom stereocenters. The van der Waals surface area contributed by atoms with Crippen LogP contribution in [0.15, 0.2) is 29.2 Å². The van der Waals surface area contributed by atoms with Crippen LogP contribution >= 0.6 is 0 Å². The molecule has 0 aliphatic carbocycles. The Morgan fingerprint density at radius 2 is 2.00 bits per heavy atom. The molecular weight excluding hydrogens is 272 g/mol. The molecule has 0 spiro atoms. The first-order valence-corrected chi connectivity index (χ1v) is 8.77. The monoisotopic (exact) mass is 296 g/mol. The van der Waals surface area contributed by atoms with Crippen molar-refractivity contribution >= 4 is 10.0 Å². The molecule has 1 fully saturated rings. The second kappa shape index (κ2) is 6.70. The van der Waals surface area contributed by atoms with Crippen molar-refractivity contribution in [2.24, 2.45) is 5.92 Å². The van der Waals surface area contributed by atoms with Crippen molar-refractivity contribution in [3.63, 3.8) is 0 Å². The molecular formula is C15H24N2O2S. The lowest BCUT2D eigenvalue weighted by molar-refractivity contribution is 0.428. The second-order valence-corrected chi connectivity index (χ2v) is 7.62. The lowest BCUT2D eigenvalue weighted by atomic mass is 10.0. The Bertz CT molecular complexity index is 517. The highest BCUT2D eigenvalue weighted by Crippen LogP contribution is 2.15. The van der Waals surface area contributed by atoms with Crippen molar-refractivity contribution in [1.82, 2.24) is 10.0 Å². The quantitative estimate of drug-likeness (QED) is 0.873. The van der Waals surface area contributed by atoms with Crippen LogP contribution in [-0.2, 0) is 16.4 Å². The van der Waals surface area contributed by atoms with E-state index in [1.165, 1.54) is 5.56 Å². The fourth-order valence-corrected chi connectivity index (χ4v) is 3.79. The van der Waals surface area contributed by atoms with E-state index in [2.05, 4.69) is 23.9 Å². The molecule has 1 saturated heterocycles. The smallest absolute Gasteiger partial charge is 0.240 e. The van der Waals surface area contributed by atoms with Gasteiger partial charge in [0, 0.05) is 12.6 Å². The third-order valence-electron chi connectivity index (χ3n) is 3.50. The molecule has 0 unspecified atom stereocenters. The first kappa shape index (κ1) is 15.5. The molecule has 1 heterocycles. The lowest BCUT2D eigenvalue weighted by Crippen LogP contribution is -2.45. The summed E-state index contributed by atoms with van der Waals surface area (Å²) < 4.78 is 27.4. The van der Waals surface area contributed by atoms with E-state index >= 15 is 0 Å². The largest absolute Gasteiger partial charge is 0.315 e.